The quantitative estimate of drug-likeness (QED) is 0.526. The Kier molecular flexibility index (Phi) is 3.84. The zero-order valence-electron chi connectivity index (χ0n) is 8.54. The van der Waals surface area contributed by atoms with Crippen molar-refractivity contribution in [2.45, 2.75) is 6.10 Å². The molecule has 0 spiro atoms. The zero-order valence-corrected chi connectivity index (χ0v) is 8.54. The molecule has 8 nitrogen and oxygen atoms in total. The van der Waals surface area contributed by atoms with E-state index in [1.54, 1.807) is 13.2 Å². The third-order valence-electron chi connectivity index (χ3n) is 1.70. The number of hydrogen-bond donors (Lipinski definition) is 4. The molecule has 0 aliphatic rings. The molecule has 1 atom stereocenters. The summed E-state index contributed by atoms with van der Waals surface area (Å²) in [5.41, 5.74) is 0.477. The standard InChI is InChI=1S/C8H12N4O4/c1-12-4-5(2-10-12)11-8(16)9-3-6(13)7(14)15/h2,4,6,13H,3H2,1H3,(H,14,15)(H2,9,11,16)/t6-/m0/s1. The van der Waals surface area contributed by atoms with Crippen LogP contribution in [0, 0.1) is 0 Å². The molecular weight excluding hydrogens is 216 g/mol. The number of aliphatic carboxylic acids is 1. The van der Waals surface area contributed by atoms with Gasteiger partial charge in [-0.25, -0.2) is 9.59 Å². The van der Waals surface area contributed by atoms with E-state index < -0.39 is 18.1 Å². The fourth-order valence-electron chi connectivity index (χ4n) is 0.938. The third-order valence-corrected chi connectivity index (χ3v) is 1.70. The highest BCUT2D eigenvalue weighted by molar-refractivity contribution is 5.89. The first-order valence-electron chi connectivity index (χ1n) is 4.43. The topological polar surface area (TPSA) is 116 Å². The first-order chi connectivity index (χ1) is 7.49. The van der Waals surface area contributed by atoms with Gasteiger partial charge >= 0.3 is 12.0 Å². The normalized spacial score (nSPS) is 11.9. The number of carboxylic acids is 1. The number of amides is 2. The predicted molar refractivity (Wildman–Crippen MR) is 53.9 cm³/mol. The summed E-state index contributed by atoms with van der Waals surface area (Å²) in [5, 5.41) is 25.7. The number of nitrogens with one attached hydrogen (secondary N) is 2. The molecule has 8 heteroatoms. The van der Waals surface area contributed by atoms with Gasteiger partial charge in [-0.1, -0.05) is 0 Å². The summed E-state index contributed by atoms with van der Waals surface area (Å²) in [6.07, 6.45) is 1.40. The van der Waals surface area contributed by atoms with Gasteiger partial charge in [-0.3, -0.25) is 4.68 Å². The van der Waals surface area contributed by atoms with Crippen LogP contribution in [0.3, 0.4) is 0 Å². The molecule has 0 aromatic carbocycles. The molecule has 0 fully saturated rings. The van der Waals surface area contributed by atoms with Crippen molar-refractivity contribution in [2.24, 2.45) is 7.05 Å². The molecule has 88 valence electrons. The van der Waals surface area contributed by atoms with E-state index in [1.165, 1.54) is 10.9 Å². The van der Waals surface area contributed by atoms with Gasteiger partial charge in [-0.15, -0.1) is 0 Å². The maximum absolute atomic E-state index is 11.2. The van der Waals surface area contributed by atoms with Crippen LogP contribution in [-0.2, 0) is 11.8 Å². The van der Waals surface area contributed by atoms with Gasteiger partial charge in [0.25, 0.3) is 0 Å². The minimum Gasteiger partial charge on any atom is -0.479 e. The maximum atomic E-state index is 11.2. The van der Waals surface area contributed by atoms with Crippen LogP contribution < -0.4 is 10.6 Å². The van der Waals surface area contributed by atoms with Gasteiger partial charge in [0.2, 0.25) is 0 Å². The fraction of sp³-hybridized carbons (Fsp3) is 0.375. The molecule has 1 rings (SSSR count). The third kappa shape index (κ3) is 3.58. The number of hydrogen-bond acceptors (Lipinski definition) is 4. The average Bonchev–Trinajstić information content (AvgIpc) is 2.60. The number of aliphatic hydroxyl groups excluding tert-OH is 1. The second-order valence-electron chi connectivity index (χ2n) is 3.09. The molecule has 16 heavy (non-hydrogen) atoms. The first-order valence-corrected chi connectivity index (χ1v) is 4.43. The molecule has 1 aromatic rings. The van der Waals surface area contributed by atoms with E-state index in [-0.39, 0.29) is 6.54 Å². The van der Waals surface area contributed by atoms with Crippen LogP contribution in [0.4, 0.5) is 10.5 Å². The number of carboxylic acid groups (broad SMARTS) is 1. The van der Waals surface area contributed by atoms with Gasteiger partial charge in [0, 0.05) is 13.2 Å². The summed E-state index contributed by atoms with van der Waals surface area (Å²) in [4.78, 5) is 21.4. The molecule has 0 aliphatic carbocycles. The second kappa shape index (κ2) is 5.12. The molecule has 2 amide bonds. The number of rotatable bonds is 4. The minimum absolute atomic E-state index is 0.360. The predicted octanol–water partition coefficient (Wildman–Crippen LogP) is -1.01. The van der Waals surface area contributed by atoms with Crippen LogP contribution in [0.15, 0.2) is 12.4 Å². The van der Waals surface area contributed by atoms with Crippen molar-refractivity contribution in [2.75, 3.05) is 11.9 Å². The molecule has 0 saturated carbocycles. The summed E-state index contributed by atoms with van der Waals surface area (Å²) >= 11 is 0. The van der Waals surface area contributed by atoms with Crippen molar-refractivity contribution < 1.29 is 19.8 Å². The smallest absolute Gasteiger partial charge is 0.334 e. The molecule has 0 bridgehead atoms. The average molecular weight is 228 g/mol. The van der Waals surface area contributed by atoms with Gasteiger partial charge in [0.05, 0.1) is 18.4 Å². The van der Waals surface area contributed by atoms with Crippen molar-refractivity contribution in [3.05, 3.63) is 12.4 Å². The SMILES string of the molecule is Cn1cc(NC(=O)NC[C@H](O)C(=O)O)cn1. The number of aromatic nitrogens is 2. The van der Waals surface area contributed by atoms with Crippen molar-refractivity contribution in [3.63, 3.8) is 0 Å². The lowest BCUT2D eigenvalue weighted by molar-refractivity contribution is -0.146. The van der Waals surface area contributed by atoms with E-state index in [0.717, 1.165) is 0 Å². The van der Waals surface area contributed by atoms with Gasteiger partial charge in [0.15, 0.2) is 6.10 Å². The van der Waals surface area contributed by atoms with Crippen molar-refractivity contribution in [3.8, 4) is 0 Å². The Labute approximate surface area is 90.9 Å². The Hall–Kier alpha value is -2.09. The highest BCUT2D eigenvalue weighted by atomic mass is 16.4. The Balaban J connectivity index is 2.34. The summed E-state index contributed by atoms with van der Waals surface area (Å²) < 4.78 is 1.50. The number of carbonyl (C=O) groups excluding carboxylic acids is 1. The molecule has 4 N–H and O–H groups in total. The maximum Gasteiger partial charge on any atom is 0.334 e. The Morgan fingerprint density at radius 1 is 1.62 bits per heavy atom. The Morgan fingerprint density at radius 3 is 2.81 bits per heavy atom. The summed E-state index contributed by atoms with van der Waals surface area (Å²) in [5.74, 6) is -1.39. The number of carbonyl (C=O) groups is 2. The molecular formula is C8H12N4O4. The van der Waals surface area contributed by atoms with Gasteiger partial charge < -0.3 is 20.8 Å². The molecule has 1 heterocycles. The fourth-order valence-corrected chi connectivity index (χ4v) is 0.938. The Morgan fingerprint density at radius 2 is 2.31 bits per heavy atom. The lowest BCUT2D eigenvalue weighted by atomic mass is 10.4. The molecule has 1 aromatic heterocycles. The van der Waals surface area contributed by atoms with E-state index in [4.69, 9.17) is 10.2 Å². The monoisotopic (exact) mass is 228 g/mol. The highest BCUT2D eigenvalue weighted by Gasteiger charge is 2.14. The number of aliphatic hydroxyl groups is 1. The molecule has 0 saturated heterocycles. The van der Waals surface area contributed by atoms with Crippen LogP contribution in [0.5, 0.6) is 0 Å². The number of anilines is 1. The second-order valence-corrected chi connectivity index (χ2v) is 3.09. The zero-order chi connectivity index (χ0) is 12.1. The van der Waals surface area contributed by atoms with E-state index in [9.17, 15) is 9.59 Å². The van der Waals surface area contributed by atoms with Crippen molar-refractivity contribution >= 4 is 17.7 Å². The van der Waals surface area contributed by atoms with Gasteiger partial charge in [-0.05, 0) is 0 Å². The number of urea groups is 1. The van der Waals surface area contributed by atoms with Gasteiger partial charge in [-0.2, -0.15) is 5.10 Å². The van der Waals surface area contributed by atoms with E-state index >= 15 is 0 Å². The minimum atomic E-state index is -1.61. The summed E-state index contributed by atoms with van der Waals surface area (Å²) in [7, 11) is 1.69. The van der Waals surface area contributed by atoms with Crippen LogP contribution in [0.25, 0.3) is 0 Å². The lowest BCUT2D eigenvalue weighted by Gasteiger charge is -2.07. The first kappa shape index (κ1) is 12.0. The largest absolute Gasteiger partial charge is 0.479 e. The van der Waals surface area contributed by atoms with Gasteiger partial charge in [0.1, 0.15) is 0 Å². The van der Waals surface area contributed by atoms with E-state index in [1.807, 2.05) is 0 Å². The van der Waals surface area contributed by atoms with Crippen LogP contribution in [-0.4, -0.2) is 44.6 Å². The molecule has 0 aliphatic heterocycles. The summed E-state index contributed by atoms with van der Waals surface area (Å²) in [6.45, 7) is -0.360. The van der Waals surface area contributed by atoms with Crippen LogP contribution in [0.2, 0.25) is 0 Å². The van der Waals surface area contributed by atoms with Crippen LogP contribution in [0.1, 0.15) is 0 Å². The van der Waals surface area contributed by atoms with E-state index in [2.05, 4.69) is 15.7 Å². The molecule has 0 unspecified atom stereocenters. The van der Waals surface area contributed by atoms with Crippen LogP contribution >= 0.6 is 0 Å². The number of aryl methyl sites for hydroxylation is 1. The lowest BCUT2D eigenvalue weighted by Crippen LogP contribution is -2.38. The summed E-state index contributed by atoms with van der Waals surface area (Å²) in [6, 6.07) is -0.603. The number of nitrogens with zero attached hydrogens (tertiary/aromatic N) is 2. The van der Waals surface area contributed by atoms with Crippen molar-refractivity contribution in [1.82, 2.24) is 15.1 Å². The van der Waals surface area contributed by atoms with E-state index in [0.29, 0.717) is 5.69 Å². The van der Waals surface area contributed by atoms with Crippen molar-refractivity contribution in [1.29, 1.82) is 0 Å². The molecule has 0 radical (unpaired) electrons. The highest BCUT2D eigenvalue weighted by Crippen LogP contribution is 2.02. The Bertz CT molecular complexity index is 389.